The maximum absolute atomic E-state index is 12.1. The zero-order valence-corrected chi connectivity index (χ0v) is 11.5. The first-order valence-corrected chi connectivity index (χ1v) is 6.38. The van der Waals surface area contributed by atoms with Crippen LogP contribution in [-0.2, 0) is 6.54 Å². The van der Waals surface area contributed by atoms with Gasteiger partial charge in [0.1, 0.15) is 5.69 Å². The summed E-state index contributed by atoms with van der Waals surface area (Å²) in [5, 5.41) is 11.7. The molecule has 7 nitrogen and oxygen atoms in total. The molecule has 110 valence electrons. The Bertz CT molecular complexity index is 679. The number of rotatable bonds is 5. The van der Waals surface area contributed by atoms with E-state index >= 15 is 0 Å². The van der Waals surface area contributed by atoms with Crippen molar-refractivity contribution in [1.29, 1.82) is 0 Å². The minimum absolute atomic E-state index is 0.0461. The van der Waals surface area contributed by atoms with E-state index in [2.05, 4.69) is 10.3 Å². The highest BCUT2D eigenvalue weighted by atomic mass is 16.4. The molecule has 0 saturated carbocycles. The molecule has 0 unspecified atom stereocenters. The van der Waals surface area contributed by atoms with E-state index in [1.54, 1.807) is 29.8 Å². The minimum atomic E-state index is -1.09. The van der Waals surface area contributed by atoms with Crippen LogP contribution in [0.3, 0.4) is 0 Å². The summed E-state index contributed by atoms with van der Waals surface area (Å²) in [5.41, 5.74) is 6.72. The molecule has 21 heavy (non-hydrogen) atoms. The first-order valence-electron chi connectivity index (χ1n) is 6.38. The highest BCUT2D eigenvalue weighted by molar-refractivity contribution is 6.06. The number of aryl methyl sites for hydroxylation is 1. The summed E-state index contributed by atoms with van der Waals surface area (Å²) in [6, 6.07) is 4.80. The summed E-state index contributed by atoms with van der Waals surface area (Å²) in [4.78, 5) is 27.2. The molecule has 0 atom stereocenters. The van der Waals surface area contributed by atoms with Crippen LogP contribution in [0.25, 0.3) is 0 Å². The minimum Gasteiger partial charge on any atom is -0.478 e. The highest BCUT2D eigenvalue weighted by Crippen LogP contribution is 2.18. The first kappa shape index (κ1) is 14.7. The van der Waals surface area contributed by atoms with Gasteiger partial charge in [-0.3, -0.25) is 4.79 Å². The number of nitrogens with zero attached hydrogens (tertiary/aromatic N) is 2. The Hall–Kier alpha value is -2.67. The van der Waals surface area contributed by atoms with Gasteiger partial charge in [-0.1, -0.05) is 11.6 Å². The second-order valence-electron chi connectivity index (χ2n) is 4.59. The Balaban J connectivity index is 2.20. The molecule has 2 aromatic rings. The number of carbonyl (C=O) groups excluding carboxylic acids is 1. The van der Waals surface area contributed by atoms with Crippen molar-refractivity contribution < 1.29 is 14.7 Å². The first-order chi connectivity index (χ1) is 10.0. The van der Waals surface area contributed by atoms with E-state index in [1.807, 2.05) is 0 Å². The van der Waals surface area contributed by atoms with Gasteiger partial charge in [-0.25, -0.2) is 9.78 Å². The van der Waals surface area contributed by atoms with E-state index in [4.69, 9.17) is 10.8 Å². The van der Waals surface area contributed by atoms with Crippen molar-refractivity contribution in [3.05, 3.63) is 47.5 Å². The van der Waals surface area contributed by atoms with Crippen molar-refractivity contribution >= 4 is 17.6 Å². The molecule has 0 aliphatic carbocycles. The van der Waals surface area contributed by atoms with Crippen molar-refractivity contribution in [3.63, 3.8) is 0 Å². The molecule has 1 aromatic heterocycles. The van der Waals surface area contributed by atoms with Gasteiger partial charge in [-0.2, -0.15) is 0 Å². The normalized spacial score (nSPS) is 10.4. The van der Waals surface area contributed by atoms with Crippen LogP contribution in [0, 0.1) is 6.92 Å². The van der Waals surface area contributed by atoms with E-state index in [0.717, 1.165) is 5.56 Å². The van der Waals surface area contributed by atoms with Crippen LogP contribution in [0.2, 0.25) is 0 Å². The molecular formula is C14H16N4O3. The van der Waals surface area contributed by atoms with Crippen LogP contribution in [0.15, 0.2) is 30.7 Å². The van der Waals surface area contributed by atoms with E-state index in [1.165, 1.54) is 12.4 Å². The summed E-state index contributed by atoms with van der Waals surface area (Å²) < 4.78 is 1.70. The zero-order valence-electron chi connectivity index (χ0n) is 11.5. The number of aromatic carboxylic acids is 1. The third-order valence-corrected chi connectivity index (χ3v) is 2.91. The van der Waals surface area contributed by atoms with Crippen molar-refractivity contribution in [3.8, 4) is 0 Å². The van der Waals surface area contributed by atoms with Gasteiger partial charge in [0.05, 0.1) is 17.6 Å². The number of anilines is 1. The number of carboxylic acids is 1. The van der Waals surface area contributed by atoms with E-state index in [9.17, 15) is 9.59 Å². The van der Waals surface area contributed by atoms with Gasteiger partial charge < -0.3 is 20.7 Å². The van der Waals surface area contributed by atoms with E-state index in [0.29, 0.717) is 13.1 Å². The average molecular weight is 288 g/mol. The molecule has 2 rings (SSSR count). The standard InChI is InChI=1S/C14H16N4O3/c1-9-2-3-11(10(6-9)14(20)21)17-13(19)12-7-18(5-4-15)8-16-12/h2-3,6-8H,4-5,15H2,1H3,(H,17,19)(H,20,21). The number of aromatic nitrogens is 2. The predicted molar refractivity (Wildman–Crippen MR) is 77.4 cm³/mol. The van der Waals surface area contributed by atoms with Crippen LogP contribution < -0.4 is 11.1 Å². The molecule has 7 heteroatoms. The number of imidazole rings is 1. The molecule has 1 amide bonds. The maximum Gasteiger partial charge on any atom is 0.337 e. The van der Waals surface area contributed by atoms with Gasteiger partial charge in [-0.05, 0) is 19.1 Å². The average Bonchev–Trinajstić information content (AvgIpc) is 2.89. The quantitative estimate of drug-likeness (QED) is 0.763. The van der Waals surface area contributed by atoms with Crippen molar-refractivity contribution in [2.75, 3.05) is 11.9 Å². The summed E-state index contributed by atoms with van der Waals surface area (Å²) in [7, 11) is 0. The Labute approximate surface area is 121 Å². The summed E-state index contributed by atoms with van der Waals surface area (Å²) in [5.74, 6) is -1.56. The van der Waals surface area contributed by atoms with Crippen LogP contribution in [-0.4, -0.2) is 33.1 Å². The van der Waals surface area contributed by atoms with Gasteiger partial charge in [0.15, 0.2) is 0 Å². The van der Waals surface area contributed by atoms with Gasteiger partial charge in [-0.15, -0.1) is 0 Å². The molecule has 0 saturated heterocycles. The number of carboxylic acid groups (broad SMARTS) is 1. The molecule has 4 N–H and O–H groups in total. The monoisotopic (exact) mass is 288 g/mol. The largest absolute Gasteiger partial charge is 0.478 e. The molecule has 0 fully saturated rings. The van der Waals surface area contributed by atoms with Crippen molar-refractivity contribution in [2.45, 2.75) is 13.5 Å². The molecule has 0 radical (unpaired) electrons. The zero-order chi connectivity index (χ0) is 15.4. The highest BCUT2D eigenvalue weighted by Gasteiger charge is 2.15. The van der Waals surface area contributed by atoms with E-state index < -0.39 is 11.9 Å². The number of nitrogens with one attached hydrogen (secondary N) is 1. The van der Waals surface area contributed by atoms with Gasteiger partial charge in [0.25, 0.3) is 5.91 Å². The number of hydrogen-bond acceptors (Lipinski definition) is 4. The third-order valence-electron chi connectivity index (χ3n) is 2.91. The number of amides is 1. The van der Waals surface area contributed by atoms with Gasteiger partial charge >= 0.3 is 5.97 Å². The smallest absolute Gasteiger partial charge is 0.337 e. The number of benzene rings is 1. The predicted octanol–water partition coefficient (Wildman–Crippen LogP) is 1.10. The number of hydrogen-bond donors (Lipinski definition) is 3. The molecule has 0 bridgehead atoms. The molecule has 0 aliphatic heterocycles. The fourth-order valence-corrected chi connectivity index (χ4v) is 1.88. The van der Waals surface area contributed by atoms with Gasteiger partial charge in [0, 0.05) is 19.3 Å². The summed E-state index contributed by atoms with van der Waals surface area (Å²) >= 11 is 0. The molecule has 0 aliphatic rings. The number of carbonyl (C=O) groups is 2. The molecule has 0 spiro atoms. The Morgan fingerprint density at radius 1 is 1.43 bits per heavy atom. The van der Waals surface area contributed by atoms with Crippen LogP contribution in [0.1, 0.15) is 26.4 Å². The lowest BCUT2D eigenvalue weighted by molar-refractivity contribution is 0.0698. The Morgan fingerprint density at radius 2 is 2.19 bits per heavy atom. The molecule has 1 aromatic carbocycles. The van der Waals surface area contributed by atoms with Crippen molar-refractivity contribution in [1.82, 2.24) is 9.55 Å². The summed E-state index contributed by atoms with van der Waals surface area (Å²) in [6.45, 7) is 2.79. The Kier molecular flexibility index (Phi) is 4.34. The van der Waals surface area contributed by atoms with Crippen LogP contribution in [0.4, 0.5) is 5.69 Å². The van der Waals surface area contributed by atoms with Crippen LogP contribution >= 0.6 is 0 Å². The summed E-state index contributed by atoms with van der Waals surface area (Å²) in [6.07, 6.45) is 3.08. The second kappa shape index (κ2) is 6.19. The van der Waals surface area contributed by atoms with E-state index in [-0.39, 0.29) is 16.9 Å². The Morgan fingerprint density at radius 3 is 2.86 bits per heavy atom. The SMILES string of the molecule is Cc1ccc(NC(=O)c2cn(CCN)cn2)c(C(=O)O)c1. The third kappa shape index (κ3) is 3.46. The fourth-order valence-electron chi connectivity index (χ4n) is 1.88. The maximum atomic E-state index is 12.1. The fraction of sp³-hybridized carbons (Fsp3) is 0.214. The molecular weight excluding hydrogens is 272 g/mol. The van der Waals surface area contributed by atoms with Gasteiger partial charge in [0.2, 0.25) is 0 Å². The van der Waals surface area contributed by atoms with Crippen molar-refractivity contribution in [2.24, 2.45) is 5.73 Å². The second-order valence-corrected chi connectivity index (χ2v) is 4.59. The lowest BCUT2D eigenvalue weighted by atomic mass is 10.1. The lowest BCUT2D eigenvalue weighted by Gasteiger charge is -2.08. The number of nitrogens with two attached hydrogens (primary N) is 1. The molecule has 1 heterocycles. The lowest BCUT2D eigenvalue weighted by Crippen LogP contribution is -2.15. The van der Waals surface area contributed by atoms with Crippen LogP contribution in [0.5, 0.6) is 0 Å². The topological polar surface area (TPSA) is 110 Å².